The summed E-state index contributed by atoms with van der Waals surface area (Å²) < 4.78 is 35.6. The monoisotopic (exact) mass is 524 g/mol. The van der Waals surface area contributed by atoms with Crippen LogP contribution in [-0.4, -0.2) is 31.2 Å². The summed E-state index contributed by atoms with van der Waals surface area (Å²) in [4.78, 5) is 14.0. The first-order chi connectivity index (χ1) is 15.6. The number of thiophene rings is 1. The Morgan fingerprint density at radius 1 is 1.15 bits per heavy atom. The molecule has 2 aromatic carbocycles. The van der Waals surface area contributed by atoms with E-state index in [1.54, 1.807) is 22.9 Å². The number of aromatic nitrogens is 2. The molecule has 0 fully saturated rings. The third-order valence-corrected chi connectivity index (χ3v) is 8.03. The molecule has 2 heterocycles. The van der Waals surface area contributed by atoms with Gasteiger partial charge in [-0.05, 0) is 43.3 Å². The first kappa shape index (κ1) is 23.4. The maximum Gasteiger partial charge on any atom is 0.265 e. The number of amides is 1. The van der Waals surface area contributed by atoms with E-state index >= 15 is 0 Å². The molecule has 33 heavy (non-hydrogen) atoms. The number of ether oxygens (including phenoxy) is 1. The smallest absolute Gasteiger partial charge is 0.265 e. The van der Waals surface area contributed by atoms with Crippen molar-refractivity contribution >= 4 is 72.1 Å². The third kappa shape index (κ3) is 4.51. The van der Waals surface area contributed by atoms with Crippen LogP contribution in [0.3, 0.4) is 0 Å². The number of aryl methyl sites for hydroxylation is 2. The maximum absolute atomic E-state index is 13.1. The van der Waals surface area contributed by atoms with Crippen molar-refractivity contribution in [2.45, 2.75) is 11.8 Å². The highest BCUT2D eigenvalue weighted by Crippen LogP contribution is 2.35. The number of halogens is 2. The van der Waals surface area contributed by atoms with Gasteiger partial charge in [0.15, 0.2) is 0 Å². The van der Waals surface area contributed by atoms with Gasteiger partial charge in [-0.15, -0.1) is 11.3 Å². The van der Waals surface area contributed by atoms with Gasteiger partial charge in [0.05, 0.1) is 33.4 Å². The Hall–Kier alpha value is -2.79. The first-order valence-corrected chi connectivity index (χ1v) is 12.6. The molecular weight excluding hydrogens is 507 g/mol. The molecule has 0 saturated heterocycles. The Morgan fingerprint density at radius 3 is 2.48 bits per heavy atom. The number of anilines is 2. The maximum atomic E-state index is 13.1. The summed E-state index contributed by atoms with van der Waals surface area (Å²) in [5.41, 5.74) is 1.15. The molecule has 0 atom stereocenters. The van der Waals surface area contributed by atoms with Crippen molar-refractivity contribution in [3.8, 4) is 5.75 Å². The van der Waals surface area contributed by atoms with Gasteiger partial charge < -0.3 is 10.1 Å². The number of sulfonamides is 1. The Kier molecular flexibility index (Phi) is 6.28. The predicted octanol–water partition coefficient (Wildman–Crippen LogP) is 5.31. The molecule has 2 aromatic heterocycles. The minimum atomic E-state index is -4.15. The fourth-order valence-corrected chi connectivity index (χ4v) is 6.18. The zero-order valence-corrected chi connectivity index (χ0v) is 20.8. The number of hydrogen-bond acceptors (Lipinski definition) is 6. The highest BCUT2D eigenvalue weighted by atomic mass is 35.5. The van der Waals surface area contributed by atoms with E-state index in [0.717, 1.165) is 15.9 Å². The fourth-order valence-electron chi connectivity index (χ4n) is 3.26. The highest BCUT2D eigenvalue weighted by Gasteiger charge is 2.23. The van der Waals surface area contributed by atoms with E-state index in [-0.39, 0.29) is 38.0 Å². The van der Waals surface area contributed by atoms with Crippen molar-refractivity contribution in [2.75, 3.05) is 17.1 Å². The second-order valence-electron chi connectivity index (χ2n) is 7.06. The molecule has 0 spiro atoms. The number of benzene rings is 2. The lowest BCUT2D eigenvalue weighted by Gasteiger charge is -2.15. The van der Waals surface area contributed by atoms with Gasteiger partial charge in [-0.1, -0.05) is 29.3 Å². The number of hydrogen-bond donors (Lipinski definition) is 2. The van der Waals surface area contributed by atoms with Gasteiger partial charge >= 0.3 is 0 Å². The van der Waals surface area contributed by atoms with Crippen LogP contribution in [0.1, 0.15) is 15.4 Å². The van der Waals surface area contributed by atoms with Crippen molar-refractivity contribution in [1.82, 2.24) is 9.78 Å². The normalized spacial score (nSPS) is 11.5. The first-order valence-electron chi connectivity index (χ1n) is 9.50. The van der Waals surface area contributed by atoms with Crippen LogP contribution in [0.2, 0.25) is 10.0 Å². The molecule has 1 amide bonds. The number of carbonyl (C=O) groups excluding carboxylic acids is 1. The van der Waals surface area contributed by atoms with Crippen molar-refractivity contribution in [1.29, 1.82) is 0 Å². The number of nitrogens with zero attached hydrogens (tertiary/aromatic N) is 2. The van der Waals surface area contributed by atoms with E-state index in [1.165, 1.54) is 42.7 Å². The van der Waals surface area contributed by atoms with Crippen molar-refractivity contribution < 1.29 is 17.9 Å². The quantitative estimate of drug-likeness (QED) is 0.355. The minimum absolute atomic E-state index is 0.0478. The van der Waals surface area contributed by atoms with Gasteiger partial charge in [0.1, 0.15) is 15.5 Å². The van der Waals surface area contributed by atoms with Crippen LogP contribution in [-0.2, 0) is 17.1 Å². The average molecular weight is 525 g/mol. The summed E-state index contributed by atoms with van der Waals surface area (Å²) in [5.74, 6) is -0.279. The Labute approximate surface area is 204 Å². The summed E-state index contributed by atoms with van der Waals surface area (Å²) in [6.45, 7) is 1.87. The van der Waals surface area contributed by atoms with Gasteiger partial charge in [-0.3, -0.25) is 14.2 Å². The van der Waals surface area contributed by atoms with Crippen LogP contribution < -0.4 is 14.8 Å². The van der Waals surface area contributed by atoms with Gasteiger partial charge in [0, 0.05) is 18.1 Å². The summed E-state index contributed by atoms with van der Waals surface area (Å²) in [6, 6.07) is 10.7. The molecule has 0 unspecified atom stereocenters. The fraction of sp³-hybridized carbons (Fsp3) is 0.143. The predicted molar refractivity (Wildman–Crippen MR) is 132 cm³/mol. The van der Waals surface area contributed by atoms with Crippen LogP contribution >= 0.6 is 34.5 Å². The molecule has 8 nitrogen and oxygen atoms in total. The standard InChI is InChI=1S/C21H18Cl2N4O4S2/c1-11-13-10-17(32-21(13)27(2)25-11)20(28)24-12-7-8-16(31-3)18(9-12)33(29,30)26-19-14(22)5-4-6-15(19)23/h4-10,26H,1-3H3,(H,24,28). The van der Waals surface area contributed by atoms with E-state index < -0.39 is 10.0 Å². The third-order valence-electron chi connectivity index (χ3n) is 4.83. The van der Waals surface area contributed by atoms with Crippen molar-refractivity contribution in [3.63, 3.8) is 0 Å². The Balaban J connectivity index is 1.66. The summed E-state index contributed by atoms with van der Waals surface area (Å²) in [5, 5.41) is 8.25. The molecule has 4 aromatic rings. The number of para-hydroxylation sites is 1. The lowest BCUT2D eigenvalue weighted by molar-refractivity contribution is 0.103. The zero-order valence-electron chi connectivity index (χ0n) is 17.6. The van der Waals surface area contributed by atoms with Crippen LogP contribution in [0.25, 0.3) is 10.2 Å². The molecule has 0 saturated carbocycles. The van der Waals surface area contributed by atoms with Gasteiger partial charge in [-0.25, -0.2) is 8.42 Å². The van der Waals surface area contributed by atoms with Crippen LogP contribution in [0, 0.1) is 6.92 Å². The molecule has 4 rings (SSSR count). The van der Waals surface area contributed by atoms with Gasteiger partial charge in [-0.2, -0.15) is 5.10 Å². The van der Waals surface area contributed by atoms with Crippen molar-refractivity contribution in [2.24, 2.45) is 7.05 Å². The molecule has 0 aliphatic carbocycles. The topological polar surface area (TPSA) is 102 Å². The molecule has 0 radical (unpaired) electrons. The molecule has 0 bridgehead atoms. The van der Waals surface area contributed by atoms with E-state index in [2.05, 4.69) is 15.1 Å². The largest absolute Gasteiger partial charge is 0.495 e. The van der Waals surface area contributed by atoms with Crippen LogP contribution in [0.5, 0.6) is 5.75 Å². The van der Waals surface area contributed by atoms with Crippen LogP contribution in [0.4, 0.5) is 11.4 Å². The summed E-state index contributed by atoms with van der Waals surface area (Å²) in [6.07, 6.45) is 0. The highest BCUT2D eigenvalue weighted by molar-refractivity contribution is 7.92. The van der Waals surface area contributed by atoms with E-state index in [9.17, 15) is 13.2 Å². The number of fused-ring (bicyclic) bond motifs is 1. The van der Waals surface area contributed by atoms with Gasteiger partial charge in [0.25, 0.3) is 15.9 Å². The van der Waals surface area contributed by atoms with E-state index in [4.69, 9.17) is 27.9 Å². The number of methoxy groups -OCH3 is 1. The Bertz CT molecular complexity index is 1440. The number of nitrogens with one attached hydrogen (secondary N) is 2. The SMILES string of the molecule is COc1ccc(NC(=O)c2cc3c(C)nn(C)c3s2)cc1S(=O)(=O)Nc1c(Cl)cccc1Cl. The minimum Gasteiger partial charge on any atom is -0.495 e. The lowest BCUT2D eigenvalue weighted by atomic mass is 10.2. The van der Waals surface area contributed by atoms with Crippen molar-refractivity contribution in [3.05, 3.63) is 63.1 Å². The molecular formula is C21H18Cl2N4O4S2. The number of rotatable bonds is 6. The second kappa shape index (κ2) is 8.86. The van der Waals surface area contributed by atoms with Crippen LogP contribution in [0.15, 0.2) is 47.4 Å². The van der Waals surface area contributed by atoms with E-state index in [1.807, 2.05) is 14.0 Å². The summed E-state index contributed by atoms with van der Waals surface area (Å²) in [7, 11) is -0.989. The molecule has 172 valence electrons. The molecule has 0 aliphatic heterocycles. The van der Waals surface area contributed by atoms with E-state index in [0.29, 0.717) is 4.88 Å². The number of carbonyl (C=O) groups is 1. The molecule has 2 N–H and O–H groups in total. The zero-order chi connectivity index (χ0) is 23.9. The van der Waals surface area contributed by atoms with Gasteiger partial charge in [0.2, 0.25) is 0 Å². The molecule has 0 aliphatic rings. The molecule has 12 heteroatoms. The average Bonchev–Trinajstić information content (AvgIpc) is 3.32. The second-order valence-corrected chi connectivity index (χ2v) is 10.6. The summed E-state index contributed by atoms with van der Waals surface area (Å²) >= 11 is 13.5. The Morgan fingerprint density at radius 2 is 1.85 bits per heavy atom. The lowest BCUT2D eigenvalue weighted by Crippen LogP contribution is -2.16.